The topological polar surface area (TPSA) is 41.5 Å². The van der Waals surface area contributed by atoms with Crippen molar-refractivity contribution in [3.8, 4) is 0 Å². The highest BCUT2D eigenvalue weighted by molar-refractivity contribution is 6.30. The first-order valence-corrected chi connectivity index (χ1v) is 6.64. The fourth-order valence-corrected chi connectivity index (χ4v) is 2.28. The summed E-state index contributed by atoms with van der Waals surface area (Å²) in [4.78, 5) is 11.8. The van der Waals surface area contributed by atoms with E-state index in [-0.39, 0.29) is 5.91 Å². The summed E-state index contributed by atoms with van der Waals surface area (Å²) in [7, 11) is 0. The van der Waals surface area contributed by atoms with Crippen molar-refractivity contribution in [3.63, 3.8) is 0 Å². The van der Waals surface area contributed by atoms with Crippen LogP contribution in [-0.4, -0.2) is 11.6 Å². The fraction of sp³-hybridized carbons (Fsp3) is 0.429. The van der Waals surface area contributed by atoms with Crippen LogP contribution in [-0.2, 0) is 0 Å². The lowest BCUT2D eigenvalue weighted by atomic mass is 9.89. The molecule has 1 atom stereocenters. The molecule has 1 fully saturated rings. The van der Waals surface area contributed by atoms with Crippen molar-refractivity contribution in [2.75, 3.05) is 0 Å². The molecule has 0 aromatic heterocycles. The van der Waals surface area contributed by atoms with Crippen molar-refractivity contribution >= 4 is 23.2 Å². The van der Waals surface area contributed by atoms with E-state index in [1.54, 1.807) is 24.3 Å². The van der Waals surface area contributed by atoms with Crippen LogP contribution in [0.25, 0.3) is 0 Å². The Kier molecular flexibility index (Phi) is 4.37. The second-order valence-corrected chi connectivity index (χ2v) is 5.26. The van der Waals surface area contributed by atoms with Crippen molar-refractivity contribution in [2.45, 2.75) is 32.6 Å². The van der Waals surface area contributed by atoms with Gasteiger partial charge in [0.25, 0.3) is 5.91 Å². The van der Waals surface area contributed by atoms with E-state index >= 15 is 0 Å². The second kappa shape index (κ2) is 6.01. The number of carbonyl (C=O) groups is 1. The molecule has 1 unspecified atom stereocenters. The average molecular weight is 265 g/mol. The number of amides is 1. The minimum absolute atomic E-state index is 0.183. The molecular weight excluding hydrogens is 248 g/mol. The average Bonchev–Trinajstić information content (AvgIpc) is 2.37. The van der Waals surface area contributed by atoms with Gasteiger partial charge in [-0.2, -0.15) is 5.10 Å². The first-order chi connectivity index (χ1) is 8.65. The molecule has 96 valence electrons. The number of hydrazone groups is 1. The van der Waals surface area contributed by atoms with Crippen molar-refractivity contribution < 1.29 is 4.79 Å². The van der Waals surface area contributed by atoms with E-state index in [9.17, 15) is 4.79 Å². The van der Waals surface area contributed by atoms with Gasteiger partial charge in [-0.25, -0.2) is 5.43 Å². The third kappa shape index (κ3) is 3.57. The Bertz CT molecular complexity index is 453. The SMILES string of the molecule is CC1CCCC(=NNC(=O)c2ccc(Cl)cc2)C1. The van der Waals surface area contributed by atoms with Gasteiger partial charge in [0.15, 0.2) is 0 Å². The molecule has 3 nitrogen and oxygen atoms in total. The van der Waals surface area contributed by atoms with Crippen LogP contribution in [0.1, 0.15) is 43.0 Å². The lowest BCUT2D eigenvalue weighted by molar-refractivity contribution is 0.0954. The number of halogens is 1. The summed E-state index contributed by atoms with van der Waals surface area (Å²) in [5, 5.41) is 4.84. The normalized spacial score (nSPS) is 21.9. The first kappa shape index (κ1) is 13.1. The Hall–Kier alpha value is -1.35. The third-order valence-electron chi connectivity index (χ3n) is 3.17. The second-order valence-electron chi connectivity index (χ2n) is 4.83. The number of hydrogen-bond donors (Lipinski definition) is 1. The largest absolute Gasteiger partial charge is 0.271 e. The van der Waals surface area contributed by atoms with Crippen molar-refractivity contribution in [3.05, 3.63) is 34.9 Å². The monoisotopic (exact) mass is 264 g/mol. The lowest BCUT2D eigenvalue weighted by Crippen LogP contribution is -2.22. The summed E-state index contributed by atoms with van der Waals surface area (Å²) in [5.41, 5.74) is 4.28. The zero-order valence-corrected chi connectivity index (χ0v) is 11.2. The Balaban J connectivity index is 1.95. The molecule has 1 aliphatic rings. The first-order valence-electron chi connectivity index (χ1n) is 6.26. The van der Waals surface area contributed by atoms with Gasteiger partial charge in [0.2, 0.25) is 0 Å². The van der Waals surface area contributed by atoms with Gasteiger partial charge in [-0.15, -0.1) is 0 Å². The number of nitrogens with one attached hydrogen (secondary N) is 1. The van der Waals surface area contributed by atoms with Crippen LogP contribution in [0.5, 0.6) is 0 Å². The molecule has 0 spiro atoms. The number of nitrogens with zero attached hydrogens (tertiary/aromatic N) is 1. The molecule has 1 amide bonds. The summed E-state index contributed by atoms with van der Waals surface area (Å²) >= 11 is 5.77. The van der Waals surface area contributed by atoms with Crippen LogP contribution in [0, 0.1) is 5.92 Å². The van der Waals surface area contributed by atoms with E-state index in [4.69, 9.17) is 11.6 Å². The quantitative estimate of drug-likeness (QED) is 0.814. The summed E-state index contributed by atoms with van der Waals surface area (Å²) in [5.74, 6) is 0.488. The third-order valence-corrected chi connectivity index (χ3v) is 3.42. The number of hydrogen-bond acceptors (Lipinski definition) is 2. The zero-order chi connectivity index (χ0) is 13.0. The van der Waals surface area contributed by atoms with Gasteiger partial charge in [0.05, 0.1) is 0 Å². The molecule has 18 heavy (non-hydrogen) atoms. The zero-order valence-electron chi connectivity index (χ0n) is 10.4. The predicted molar refractivity (Wildman–Crippen MR) is 74.0 cm³/mol. The molecule has 1 aromatic rings. The van der Waals surface area contributed by atoms with Crippen molar-refractivity contribution in [2.24, 2.45) is 11.0 Å². The van der Waals surface area contributed by atoms with Crippen LogP contribution < -0.4 is 5.43 Å². The number of carbonyl (C=O) groups excluding carboxylic acids is 1. The van der Waals surface area contributed by atoms with Crippen molar-refractivity contribution in [1.29, 1.82) is 0 Å². The van der Waals surface area contributed by atoms with Gasteiger partial charge < -0.3 is 0 Å². The Morgan fingerprint density at radius 1 is 1.39 bits per heavy atom. The molecule has 1 N–H and O–H groups in total. The highest BCUT2D eigenvalue weighted by atomic mass is 35.5. The van der Waals surface area contributed by atoms with Gasteiger partial charge in [-0.05, 0) is 55.9 Å². The Morgan fingerprint density at radius 3 is 2.78 bits per heavy atom. The van der Waals surface area contributed by atoms with Crippen LogP contribution in [0.4, 0.5) is 0 Å². The van der Waals surface area contributed by atoms with Gasteiger partial charge in [-0.3, -0.25) is 4.79 Å². The molecule has 1 aliphatic carbocycles. The van der Waals surface area contributed by atoms with Crippen LogP contribution in [0.3, 0.4) is 0 Å². The van der Waals surface area contributed by atoms with Crippen LogP contribution >= 0.6 is 11.6 Å². The Labute approximate surface area is 112 Å². The van der Waals surface area contributed by atoms with Crippen LogP contribution in [0.2, 0.25) is 5.02 Å². The van der Waals surface area contributed by atoms with E-state index < -0.39 is 0 Å². The Morgan fingerprint density at radius 2 is 2.11 bits per heavy atom. The number of rotatable bonds is 2. The standard InChI is InChI=1S/C14H17ClN2O/c1-10-3-2-4-13(9-10)16-17-14(18)11-5-7-12(15)8-6-11/h5-8,10H,2-4,9H2,1H3,(H,17,18). The molecule has 0 bridgehead atoms. The maximum atomic E-state index is 11.8. The molecular formula is C14H17ClN2O. The van der Waals surface area contributed by atoms with Gasteiger partial charge >= 0.3 is 0 Å². The van der Waals surface area contributed by atoms with E-state index in [0.29, 0.717) is 16.5 Å². The van der Waals surface area contributed by atoms with E-state index in [2.05, 4.69) is 17.5 Å². The van der Waals surface area contributed by atoms with Gasteiger partial charge in [0.1, 0.15) is 0 Å². The van der Waals surface area contributed by atoms with E-state index in [1.165, 1.54) is 6.42 Å². The summed E-state index contributed by atoms with van der Waals surface area (Å²) in [6.07, 6.45) is 4.40. The molecule has 0 aliphatic heterocycles. The molecule has 2 rings (SSSR count). The van der Waals surface area contributed by atoms with Gasteiger partial charge in [0, 0.05) is 16.3 Å². The maximum absolute atomic E-state index is 11.8. The van der Waals surface area contributed by atoms with Gasteiger partial charge in [-0.1, -0.05) is 18.5 Å². The molecule has 0 heterocycles. The molecule has 0 radical (unpaired) electrons. The smallest absolute Gasteiger partial charge is 0.267 e. The molecule has 4 heteroatoms. The highest BCUT2D eigenvalue weighted by Crippen LogP contribution is 2.21. The minimum Gasteiger partial charge on any atom is -0.267 e. The summed E-state index contributed by atoms with van der Waals surface area (Å²) < 4.78 is 0. The fourth-order valence-electron chi connectivity index (χ4n) is 2.16. The molecule has 1 saturated carbocycles. The minimum atomic E-state index is -0.183. The highest BCUT2D eigenvalue weighted by Gasteiger charge is 2.14. The predicted octanol–water partition coefficient (Wildman–Crippen LogP) is 3.64. The molecule has 0 saturated heterocycles. The van der Waals surface area contributed by atoms with Crippen molar-refractivity contribution in [1.82, 2.24) is 5.43 Å². The number of benzene rings is 1. The van der Waals surface area contributed by atoms with E-state index in [1.807, 2.05) is 0 Å². The summed E-state index contributed by atoms with van der Waals surface area (Å²) in [6.45, 7) is 2.22. The summed E-state index contributed by atoms with van der Waals surface area (Å²) in [6, 6.07) is 6.79. The van der Waals surface area contributed by atoms with E-state index in [0.717, 1.165) is 25.0 Å². The maximum Gasteiger partial charge on any atom is 0.271 e. The molecule has 1 aromatic carbocycles. The van der Waals surface area contributed by atoms with Crippen LogP contribution in [0.15, 0.2) is 29.4 Å². The lowest BCUT2D eigenvalue weighted by Gasteiger charge is -2.18.